The molecule has 0 unspecified atom stereocenters. The number of rotatable bonds is 4. The van der Waals surface area contributed by atoms with Gasteiger partial charge in [-0.15, -0.1) is 0 Å². The number of aryl methyl sites for hydroxylation is 2. The fourth-order valence-electron chi connectivity index (χ4n) is 1.25. The van der Waals surface area contributed by atoms with Crippen molar-refractivity contribution in [2.75, 3.05) is 0 Å². The quantitative estimate of drug-likeness (QED) is 0.743. The van der Waals surface area contributed by atoms with Crippen LogP contribution in [0.25, 0.3) is 0 Å². The van der Waals surface area contributed by atoms with Crippen molar-refractivity contribution in [1.29, 1.82) is 0 Å². The summed E-state index contributed by atoms with van der Waals surface area (Å²) in [5, 5.41) is 8.80. The Kier molecular flexibility index (Phi) is 3.06. The lowest BCUT2D eigenvalue weighted by atomic mass is 10.3. The molecule has 2 N–H and O–H groups in total. The van der Waals surface area contributed by atoms with Crippen LogP contribution in [-0.4, -0.2) is 21.0 Å². The first-order chi connectivity index (χ1) is 6.19. The van der Waals surface area contributed by atoms with Crippen LogP contribution in [0.15, 0.2) is 0 Å². The molecule has 4 nitrogen and oxygen atoms in total. The van der Waals surface area contributed by atoms with E-state index in [9.17, 15) is 4.79 Å². The molecular formula is C9H14N2O2. The second-order valence-corrected chi connectivity index (χ2v) is 2.92. The Morgan fingerprint density at radius 3 is 2.62 bits per heavy atom. The monoisotopic (exact) mass is 182 g/mol. The van der Waals surface area contributed by atoms with Gasteiger partial charge in [-0.25, -0.2) is 9.78 Å². The average Bonchev–Trinajstić information content (AvgIpc) is 2.48. The summed E-state index contributed by atoms with van der Waals surface area (Å²) in [6, 6.07) is 0. The van der Waals surface area contributed by atoms with Gasteiger partial charge in [0.25, 0.3) is 0 Å². The number of nitrogens with one attached hydrogen (secondary N) is 1. The molecular weight excluding hydrogens is 168 g/mol. The molecule has 1 aromatic rings. The van der Waals surface area contributed by atoms with E-state index in [0.29, 0.717) is 6.42 Å². The summed E-state index contributed by atoms with van der Waals surface area (Å²) < 4.78 is 0. The van der Waals surface area contributed by atoms with Gasteiger partial charge in [-0.2, -0.15) is 0 Å². The topological polar surface area (TPSA) is 66.0 Å². The number of aromatic amines is 1. The summed E-state index contributed by atoms with van der Waals surface area (Å²) in [6.07, 6.45) is 2.45. The number of nitrogens with zero attached hydrogens (tertiary/aromatic N) is 1. The van der Waals surface area contributed by atoms with E-state index in [1.165, 1.54) is 0 Å². The Bertz CT molecular complexity index is 305. The van der Waals surface area contributed by atoms with E-state index in [1.807, 2.05) is 13.8 Å². The lowest BCUT2D eigenvalue weighted by Crippen LogP contribution is -2.00. The zero-order valence-electron chi connectivity index (χ0n) is 7.92. The second kappa shape index (κ2) is 4.07. The number of carbonyl (C=O) groups is 1. The van der Waals surface area contributed by atoms with Crippen LogP contribution in [0, 0.1) is 0 Å². The molecule has 0 aromatic carbocycles. The van der Waals surface area contributed by atoms with Crippen LogP contribution in [0.5, 0.6) is 0 Å². The summed E-state index contributed by atoms with van der Waals surface area (Å²) in [5.41, 5.74) is 0.891. The highest BCUT2D eigenvalue weighted by Gasteiger charge is 2.14. The molecule has 4 heteroatoms. The van der Waals surface area contributed by atoms with Crippen LogP contribution in [-0.2, 0) is 12.8 Å². The van der Waals surface area contributed by atoms with Crippen molar-refractivity contribution in [3.8, 4) is 0 Å². The Morgan fingerprint density at radius 1 is 1.54 bits per heavy atom. The minimum absolute atomic E-state index is 0.172. The molecule has 0 aliphatic carbocycles. The van der Waals surface area contributed by atoms with Crippen molar-refractivity contribution >= 4 is 5.97 Å². The molecule has 1 aromatic heterocycles. The van der Waals surface area contributed by atoms with Gasteiger partial charge in [0.15, 0.2) is 5.69 Å². The van der Waals surface area contributed by atoms with Gasteiger partial charge in [0.1, 0.15) is 5.82 Å². The molecule has 0 saturated heterocycles. The van der Waals surface area contributed by atoms with Crippen LogP contribution < -0.4 is 0 Å². The first-order valence-electron chi connectivity index (χ1n) is 4.50. The fraction of sp³-hybridized carbons (Fsp3) is 0.556. The minimum atomic E-state index is -0.949. The maximum atomic E-state index is 10.7. The molecule has 0 spiro atoms. The fourth-order valence-corrected chi connectivity index (χ4v) is 1.25. The molecule has 0 saturated carbocycles. The SMILES string of the molecule is CCCc1nc(C(=O)O)c(CC)[nH]1. The normalized spacial score (nSPS) is 10.3. The summed E-state index contributed by atoms with van der Waals surface area (Å²) in [7, 11) is 0. The molecule has 0 aliphatic heterocycles. The number of aromatic carboxylic acids is 1. The van der Waals surface area contributed by atoms with E-state index in [2.05, 4.69) is 9.97 Å². The highest BCUT2D eigenvalue weighted by molar-refractivity contribution is 5.86. The zero-order chi connectivity index (χ0) is 9.84. The van der Waals surface area contributed by atoms with Gasteiger partial charge < -0.3 is 10.1 Å². The van der Waals surface area contributed by atoms with Gasteiger partial charge in [0, 0.05) is 12.1 Å². The molecule has 13 heavy (non-hydrogen) atoms. The third kappa shape index (κ3) is 2.08. The lowest BCUT2D eigenvalue weighted by Gasteiger charge is -1.90. The van der Waals surface area contributed by atoms with Crippen LogP contribution in [0.3, 0.4) is 0 Å². The summed E-state index contributed by atoms with van der Waals surface area (Å²) >= 11 is 0. The largest absolute Gasteiger partial charge is 0.476 e. The maximum absolute atomic E-state index is 10.7. The van der Waals surface area contributed by atoms with E-state index in [-0.39, 0.29) is 5.69 Å². The van der Waals surface area contributed by atoms with Gasteiger partial charge in [-0.05, 0) is 12.8 Å². The first kappa shape index (κ1) is 9.77. The Labute approximate surface area is 77.0 Å². The zero-order valence-corrected chi connectivity index (χ0v) is 7.92. The van der Waals surface area contributed by atoms with Gasteiger partial charge in [-0.1, -0.05) is 13.8 Å². The lowest BCUT2D eigenvalue weighted by molar-refractivity contribution is 0.0689. The van der Waals surface area contributed by atoms with Crippen LogP contribution >= 0.6 is 0 Å². The van der Waals surface area contributed by atoms with Crippen molar-refractivity contribution in [2.45, 2.75) is 33.1 Å². The molecule has 0 aliphatic rings. The molecule has 1 rings (SSSR count). The number of imidazole rings is 1. The molecule has 0 amide bonds. The van der Waals surface area contributed by atoms with Gasteiger partial charge in [0.05, 0.1) is 0 Å². The van der Waals surface area contributed by atoms with Crippen molar-refractivity contribution in [1.82, 2.24) is 9.97 Å². The van der Waals surface area contributed by atoms with E-state index in [4.69, 9.17) is 5.11 Å². The molecule has 1 heterocycles. The third-order valence-electron chi connectivity index (χ3n) is 1.87. The molecule has 0 radical (unpaired) electrons. The number of hydrogen-bond donors (Lipinski definition) is 2. The highest BCUT2D eigenvalue weighted by Crippen LogP contribution is 2.08. The molecule has 72 valence electrons. The molecule has 0 atom stereocenters. The van der Waals surface area contributed by atoms with Crippen molar-refractivity contribution in [3.05, 3.63) is 17.2 Å². The predicted octanol–water partition coefficient (Wildman–Crippen LogP) is 1.62. The summed E-state index contributed by atoms with van der Waals surface area (Å²) in [4.78, 5) is 17.8. The van der Waals surface area contributed by atoms with Gasteiger partial charge >= 0.3 is 5.97 Å². The first-order valence-corrected chi connectivity index (χ1v) is 4.50. The molecule has 0 bridgehead atoms. The number of carboxylic acids is 1. The molecule has 0 fully saturated rings. The number of carboxylic acid groups (broad SMARTS) is 1. The third-order valence-corrected chi connectivity index (χ3v) is 1.87. The van der Waals surface area contributed by atoms with E-state index in [0.717, 1.165) is 24.4 Å². The number of aromatic nitrogens is 2. The van der Waals surface area contributed by atoms with E-state index in [1.54, 1.807) is 0 Å². The Balaban J connectivity index is 2.97. The summed E-state index contributed by atoms with van der Waals surface area (Å²) in [5.74, 6) is -0.174. The smallest absolute Gasteiger partial charge is 0.356 e. The predicted molar refractivity (Wildman–Crippen MR) is 48.9 cm³/mol. The highest BCUT2D eigenvalue weighted by atomic mass is 16.4. The Hall–Kier alpha value is -1.32. The van der Waals surface area contributed by atoms with Gasteiger partial charge in [-0.3, -0.25) is 0 Å². The van der Waals surface area contributed by atoms with Crippen LogP contribution in [0.1, 0.15) is 42.3 Å². The van der Waals surface area contributed by atoms with Crippen LogP contribution in [0.4, 0.5) is 0 Å². The van der Waals surface area contributed by atoms with Gasteiger partial charge in [0.2, 0.25) is 0 Å². The Morgan fingerprint density at radius 2 is 2.23 bits per heavy atom. The number of H-pyrrole nitrogens is 1. The van der Waals surface area contributed by atoms with Crippen molar-refractivity contribution < 1.29 is 9.90 Å². The van der Waals surface area contributed by atoms with Crippen molar-refractivity contribution in [3.63, 3.8) is 0 Å². The number of hydrogen-bond acceptors (Lipinski definition) is 2. The standard InChI is InChI=1S/C9H14N2O2/c1-3-5-7-10-6(4-2)8(11-7)9(12)13/h3-5H2,1-2H3,(H,10,11)(H,12,13). The average molecular weight is 182 g/mol. The minimum Gasteiger partial charge on any atom is -0.476 e. The van der Waals surface area contributed by atoms with E-state index < -0.39 is 5.97 Å². The second-order valence-electron chi connectivity index (χ2n) is 2.92. The summed E-state index contributed by atoms with van der Waals surface area (Å²) in [6.45, 7) is 3.95. The van der Waals surface area contributed by atoms with Crippen molar-refractivity contribution in [2.24, 2.45) is 0 Å². The van der Waals surface area contributed by atoms with Crippen LogP contribution in [0.2, 0.25) is 0 Å². The van der Waals surface area contributed by atoms with E-state index >= 15 is 0 Å². The maximum Gasteiger partial charge on any atom is 0.356 e.